The van der Waals surface area contributed by atoms with Gasteiger partial charge in [-0.25, -0.2) is 8.42 Å². The molecule has 1 saturated heterocycles. The summed E-state index contributed by atoms with van der Waals surface area (Å²) in [6, 6.07) is 21.1. The Morgan fingerprint density at radius 1 is 0.927 bits per heavy atom. The van der Waals surface area contributed by atoms with Gasteiger partial charge in [0.05, 0.1) is 23.9 Å². The quantitative estimate of drug-likeness (QED) is 0.226. The van der Waals surface area contributed by atoms with Crippen LogP contribution in [0.5, 0.6) is 0 Å². The van der Waals surface area contributed by atoms with Gasteiger partial charge >= 0.3 is 15.5 Å². The summed E-state index contributed by atoms with van der Waals surface area (Å²) in [5.41, 5.74) is -0.923. The van der Waals surface area contributed by atoms with Crippen molar-refractivity contribution in [3.05, 3.63) is 99.2 Å². The van der Waals surface area contributed by atoms with E-state index in [-0.39, 0.29) is 44.3 Å². The average Bonchev–Trinajstić information content (AvgIpc) is 3.27. The van der Waals surface area contributed by atoms with E-state index in [0.29, 0.717) is 20.0 Å². The Balaban J connectivity index is 1.57. The van der Waals surface area contributed by atoms with Crippen molar-refractivity contribution in [1.29, 1.82) is 0 Å². The molecule has 0 amide bonds. The van der Waals surface area contributed by atoms with Crippen molar-refractivity contribution < 1.29 is 26.7 Å². The van der Waals surface area contributed by atoms with E-state index in [4.69, 9.17) is 28.3 Å². The number of halogens is 5. The van der Waals surface area contributed by atoms with Crippen molar-refractivity contribution in [2.45, 2.75) is 49.8 Å². The van der Waals surface area contributed by atoms with Gasteiger partial charge in [0.2, 0.25) is 0 Å². The first-order valence-electron chi connectivity index (χ1n) is 13.1. The molecule has 2 heterocycles. The fourth-order valence-corrected chi connectivity index (χ4v) is 6.73. The van der Waals surface area contributed by atoms with Crippen molar-refractivity contribution in [3.63, 3.8) is 0 Å². The van der Waals surface area contributed by atoms with Gasteiger partial charge in [0.25, 0.3) is 0 Å². The van der Waals surface area contributed by atoms with Crippen molar-refractivity contribution in [1.82, 2.24) is 14.1 Å². The van der Waals surface area contributed by atoms with Gasteiger partial charge < -0.3 is 5.11 Å². The van der Waals surface area contributed by atoms with Gasteiger partial charge in [-0.15, -0.1) is 0 Å². The molecule has 0 radical (unpaired) electrons. The molecular formula is C29H28Cl2F3N3O3S. The van der Waals surface area contributed by atoms with Crippen LogP contribution in [-0.2, 0) is 16.6 Å². The van der Waals surface area contributed by atoms with Crippen LogP contribution in [0, 0.1) is 0 Å². The normalized spacial score (nSPS) is 16.5. The van der Waals surface area contributed by atoms with E-state index < -0.39 is 21.6 Å². The van der Waals surface area contributed by atoms with Crippen LogP contribution in [0.4, 0.5) is 13.2 Å². The Labute approximate surface area is 246 Å². The van der Waals surface area contributed by atoms with Gasteiger partial charge in [-0.05, 0) is 72.9 Å². The molecular weight excluding hydrogens is 598 g/mol. The molecule has 1 aromatic heterocycles. The Hall–Kier alpha value is -2.63. The summed E-state index contributed by atoms with van der Waals surface area (Å²) in [4.78, 5) is 0. The summed E-state index contributed by atoms with van der Waals surface area (Å²) in [7, 11) is -5.39. The topological polar surface area (TPSA) is 75.4 Å². The lowest BCUT2D eigenvalue weighted by molar-refractivity contribution is -0.0494. The monoisotopic (exact) mass is 625 g/mol. The number of fused-ring (bicyclic) bond motifs is 1. The van der Waals surface area contributed by atoms with E-state index in [1.54, 1.807) is 11.6 Å². The largest absolute Gasteiger partial charge is 0.511 e. The van der Waals surface area contributed by atoms with E-state index in [1.807, 2.05) is 66.7 Å². The molecule has 3 aromatic carbocycles. The van der Waals surface area contributed by atoms with Gasteiger partial charge in [0.1, 0.15) is 0 Å². The molecule has 0 spiro atoms. The molecule has 1 aliphatic heterocycles. The highest BCUT2D eigenvalue weighted by Gasteiger charge is 2.50. The molecule has 1 atom stereocenters. The molecule has 1 N–H and O–H groups in total. The zero-order valence-electron chi connectivity index (χ0n) is 22.0. The fourth-order valence-electron chi connectivity index (χ4n) is 5.50. The Bertz CT molecular complexity index is 1590. The molecule has 218 valence electrons. The number of benzene rings is 3. The second-order valence-corrected chi connectivity index (χ2v) is 13.2. The third-order valence-corrected chi connectivity index (χ3v) is 9.59. The van der Waals surface area contributed by atoms with Crippen molar-refractivity contribution in [3.8, 4) is 0 Å². The van der Waals surface area contributed by atoms with Crippen LogP contribution in [0.3, 0.4) is 0 Å². The number of sulfonamides is 1. The lowest BCUT2D eigenvalue weighted by Crippen LogP contribution is -2.44. The summed E-state index contributed by atoms with van der Waals surface area (Å²) in [5.74, 6) is -0.437. The minimum absolute atomic E-state index is 0.180. The zero-order chi connectivity index (χ0) is 29.5. The summed E-state index contributed by atoms with van der Waals surface area (Å²) in [6.07, 6.45) is -0.295. The number of alkyl halides is 3. The molecule has 0 aliphatic carbocycles. The predicted molar refractivity (Wildman–Crippen MR) is 154 cm³/mol. The number of aliphatic hydroxyl groups excluding tert-OH is 1. The Kier molecular flexibility index (Phi) is 8.42. The summed E-state index contributed by atoms with van der Waals surface area (Å²) >= 11 is 12.3. The Morgan fingerprint density at radius 2 is 1.44 bits per heavy atom. The first-order chi connectivity index (χ1) is 19.3. The first-order valence-corrected chi connectivity index (χ1v) is 15.3. The first kappa shape index (κ1) is 29.8. The minimum atomic E-state index is -5.39. The lowest BCUT2D eigenvalue weighted by atomic mass is 9.84. The van der Waals surface area contributed by atoms with E-state index in [2.05, 4.69) is 0 Å². The minimum Gasteiger partial charge on any atom is -0.391 e. The molecule has 41 heavy (non-hydrogen) atoms. The maximum atomic E-state index is 13.1. The fraction of sp³-hybridized carbons (Fsp3) is 0.345. The molecule has 1 aliphatic rings. The maximum Gasteiger partial charge on any atom is 0.511 e. The standard InChI is InChI=1S/C29H28Cl2F3N3O3S/c1-18(38)17-37-26-11-6-22(27(19-2-7-23(30)8-3-19)20-4-9-24(31)10-5-20)16-25(26)28(35-37)21-12-14-36(15-13-21)41(39,40)29(32,33)34/h2-11,16,18,21,27,38H,12-15,17H2,1H3. The Morgan fingerprint density at radius 3 is 1.93 bits per heavy atom. The maximum absolute atomic E-state index is 13.1. The summed E-state index contributed by atoms with van der Waals surface area (Å²) in [6.45, 7) is 1.37. The number of hydrogen-bond acceptors (Lipinski definition) is 4. The molecule has 12 heteroatoms. The number of rotatable bonds is 7. The van der Waals surface area contributed by atoms with Crippen molar-refractivity contribution in [2.75, 3.05) is 13.1 Å². The highest BCUT2D eigenvalue weighted by molar-refractivity contribution is 7.90. The lowest BCUT2D eigenvalue weighted by Gasteiger charge is -2.31. The molecule has 4 aromatic rings. The van der Waals surface area contributed by atoms with Crippen LogP contribution < -0.4 is 0 Å². The number of aliphatic hydroxyl groups is 1. The molecule has 5 rings (SSSR count). The SMILES string of the molecule is CC(O)Cn1nc(C2CCN(S(=O)(=O)C(F)(F)F)CC2)c2cc(C(c3ccc(Cl)cc3)c3ccc(Cl)cc3)ccc21. The third kappa shape index (κ3) is 6.12. The number of piperidine rings is 1. The second-order valence-electron chi connectivity index (χ2n) is 10.4. The number of nitrogens with zero attached hydrogens (tertiary/aromatic N) is 3. The average molecular weight is 627 g/mol. The van der Waals surface area contributed by atoms with E-state index in [1.165, 1.54) is 0 Å². The number of aromatic nitrogens is 2. The smallest absolute Gasteiger partial charge is 0.391 e. The van der Waals surface area contributed by atoms with Crippen LogP contribution in [0.1, 0.15) is 54.0 Å². The highest BCUT2D eigenvalue weighted by atomic mass is 35.5. The van der Waals surface area contributed by atoms with E-state index in [0.717, 1.165) is 27.6 Å². The van der Waals surface area contributed by atoms with Gasteiger partial charge in [-0.3, -0.25) is 4.68 Å². The van der Waals surface area contributed by atoms with E-state index >= 15 is 0 Å². The molecule has 6 nitrogen and oxygen atoms in total. The van der Waals surface area contributed by atoms with E-state index in [9.17, 15) is 26.7 Å². The van der Waals surface area contributed by atoms with Gasteiger partial charge in [-0.2, -0.15) is 22.6 Å². The van der Waals surface area contributed by atoms with Crippen molar-refractivity contribution >= 4 is 44.1 Å². The van der Waals surface area contributed by atoms with Gasteiger partial charge in [-0.1, -0.05) is 53.5 Å². The molecule has 1 unspecified atom stereocenters. The third-order valence-electron chi connectivity index (χ3n) is 7.45. The van der Waals surface area contributed by atoms with Crippen LogP contribution in [0.15, 0.2) is 66.7 Å². The number of hydrogen-bond donors (Lipinski definition) is 1. The molecule has 0 saturated carbocycles. The van der Waals surface area contributed by atoms with Gasteiger partial charge in [0, 0.05) is 40.4 Å². The van der Waals surface area contributed by atoms with Crippen molar-refractivity contribution in [2.24, 2.45) is 0 Å². The highest BCUT2D eigenvalue weighted by Crippen LogP contribution is 2.39. The van der Waals surface area contributed by atoms with Crippen LogP contribution in [0.25, 0.3) is 10.9 Å². The van der Waals surface area contributed by atoms with Crippen LogP contribution in [0.2, 0.25) is 10.0 Å². The molecule has 1 fully saturated rings. The summed E-state index contributed by atoms with van der Waals surface area (Å²) in [5, 5.41) is 16.9. The van der Waals surface area contributed by atoms with Crippen LogP contribution >= 0.6 is 23.2 Å². The summed E-state index contributed by atoms with van der Waals surface area (Å²) < 4.78 is 65.5. The predicted octanol–water partition coefficient (Wildman–Crippen LogP) is 6.93. The van der Waals surface area contributed by atoms with Gasteiger partial charge in [0.15, 0.2) is 0 Å². The zero-order valence-corrected chi connectivity index (χ0v) is 24.4. The second kappa shape index (κ2) is 11.6. The van der Waals surface area contributed by atoms with Crippen LogP contribution in [-0.4, -0.2) is 52.3 Å². The molecule has 0 bridgehead atoms.